The number of benzene rings is 1. The summed E-state index contributed by atoms with van der Waals surface area (Å²) in [4.78, 5) is 11.2. The number of esters is 1. The van der Waals surface area contributed by atoms with Crippen LogP contribution in [-0.2, 0) is 11.3 Å². The van der Waals surface area contributed by atoms with E-state index in [1.54, 1.807) is 30.3 Å². The molecule has 0 saturated heterocycles. The summed E-state index contributed by atoms with van der Waals surface area (Å²) in [7, 11) is 1.30. The Kier molecular flexibility index (Phi) is 4.50. The molecule has 0 spiro atoms. The van der Waals surface area contributed by atoms with Gasteiger partial charge in [0.15, 0.2) is 0 Å². The average Bonchev–Trinajstić information content (AvgIpc) is 2.85. The summed E-state index contributed by atoms with van der Waals surface area (Å²) >= 11 is 9.18. The molecule has 1 aromatic heterocycles. The van der Waals surface area contributed by atoms with Crippen molar-refractivity contribution in [3.63, 3.8) is 0 Å². The van der Waals surface area contributed by atoms with Crippen molar-refractivity contribution in [3.05, 3.63) is 51.3 Å². The van der Waals surface area contributed by atoms with Gasteiger partial charge in [0.25, 0.3) is 0 Å². The zero-order valence-corrected chi connectivity index (χ0v) is 12.3. The number of carbonyl (C=O) groups is 1. The summed E-state index contributed by atoms with van der Waals surface area (Å²) < 4.78 is 16.1. The largest absolute Gasteiger partial charge is 0.484 e. The second-order valence-corrected chi connectivity index (χ2v) is 4.91. The number of halogens is 2. The van der Waals surface area contributed by atoms with Crippen molar-refractivity contribution in [3.8, 4) is 5.75 Å². The quantitative estimate of drug-likeness (QED) is 0.784. The number of hydrogen-bond acceptors (Lipinski definition) is 4. The summed E-state index contributed by atoms with van der Waals surface area (Å²) in [5.74, 6) is 0.804. The van der Waals surface area contributed by atoms with E-state index < -0.39 is 5.97 Å². The molecule has 100 valence electrons. The fourth-order valence-electron chi connectivity index (χ4n) is 1.41. The van der Waals surface area contributed by atoms with Crippen LogP contribution >= 0.6 is 27.5 Å². The molecule has 0 N–H and O–H groups in total. The van der Waals surface area contributed by atoms with Crippen LogP contribution in [0.2, 0.25) is 5.02 Å². The Balaban J connectivity index is 2.02. The summed E-state index contributed by atoms with van der Waals surface area (Å²) in [5, 5.41) is 0.616. The molecule has 2 aromatic rings. The number of rotatable bonds is 4. The van der Waals surface area contributed by atoms with Gasteiger partial charge < -0.3 is 13.9 Å². The van der Waals surface area contributed by atoms with Gasteiger partial charge in [-0.05, 0) is 46.3 Å². The molecule has 1 heterocycles. The van der Waals surface area contributed by atoms with Crippen LogP contribution in [-0.4, -0.2) is 13.1 Å². The Labute approximate surface area is 123 Å². The smallest absolute Gasteiger partial charge is 0.373 e. The molecule has 2 rings (SSSR count). The van der Waals surface area contributed by atoms with Crippen molar-refractivity contribution in [2.75, 3.05) is 7.11 Å². The fourth-order valence-corrected chi connectivity index (χ4v) is 2.20. The summed E-state index contributed by atoms with van der Waals surface area (Å²) in [5.41, 5.74) is 0. The molecule has 0 bridgehead atoms. The minimum atomic E-state index is -0.515. The molecule has 4 nitrogen and oxygen atoms in total. The predicted octanol–water partition coefficient (Wildman–Crippen LogP) is 4.06. The lowest BCUT2D eigenvalue weighted by Gasteiger charge is -2.06. The molecule has 0 aliphatic rings. The maximum atomic E-state index is 11.2. The first-order valence-corrected chi connectivity index (χ1v) is 6.52. The average molecular weight is 346 g/mol. The molecule has 0 aliphatic carbocycles. The highest BCUT2D eigenvalue weighted by Crippen LogP contribution is 2.28. The molecule has 0 aliphatic heterocycles. The molecule has 0 amide bonds. The van der Waals surface area contributed by atoms with Crippen LogP contribution in [0, 0.1) is 0 Å². The van der Waals surface area contributed by atoms with Crippen molar-refractivity contribution in [1.29, 1.82) is 0 Å². The molecule has 0 unspecified atom stereocenters. The van der Waals surface area contributed by atoms with E-state index in [0.717, 1.165) is 4.47 Å². The monoisotopic (exact) mass is 344 g/mol. The van der Waals surface area contributed by atoms with Gasteiger partial charge >= 0.3 is 5.97 Å². The lowest BCUT2D eigenvalue weighted by atomic mass is 10.3. The normalized spacial score (nSPS) is 10.3. The predicted molar refractivity (Wildman–Crippen MR) is 73.5 cm³/mol. The highest BCUT2D eigenvalue weighted by molar-refractivity contribution is 9.10. The third kappa shape index (κ3) is 3.52. The maximum Gasteiger partial charge on any atom is 0.373 e. The summed E-state index contributed by atoms with van der Waals surface area (Å²) in [6, 6.07) is 8.41. The molecular formula is C13H10BrClO4. The van der Waals surface area contributed by atoms with Crippen molar-refractivity contribution in [2.45, 2.75) is 6.61 Å². The van der Waals surface area contributed by atoms with Crippen LogP contribution in [0.25, 0.3) is 0 Å². The SMILES string of the molecule is COC(=O)c1ccc(COc2ccc(Cl)cc2Br)o1. The van der Waals surface area contributed by atoms with Gasteiger partial charge in [-0.1, -0.05) is 11.6 Å². The standard InChI is InChI=1S/C13H10BrClO4/c1-17-13(16)12-5-3-9(19-12)7-18-11-4-2-8(15)6-10(11)14/h2-6H,7H2,1H3. The van der Waals surface area contributed by atoms with Gasteiger partial charge in [0.2, 0.25) is 5.76 Å². The van der Waals surface area contributed by atoms with E-state index in [9.17, 15) is 4.79 Å². The van der Waals surface area contributed by atoms with Crippen LogP contribution in [0.15, 0.2) is 39.2 Å². The molecule has 0 radical (unpaired) electrons. The number of hydrogen-bond donors (Lipinski definition) is 0. The first-order valence-electron chi connectivity index (χ1n) is 5.35. The Morgan fingerprint density at radius 2 is 2.16 bits per heavy atom. The summed E-state index contributed by atoms with van der Waals surface area (Å²) in [6.07, 6.45) is 0. The molecule has 6 heteroatoms. The van der Waals surface area contributed by atoms with Crippen LogP contribution in [0.3, 0.4) is 0 Å². The van der Waals surface area contributed by atoms with Crippen LogP contribution < -0.4 is 4.74 Å². The molecular weight excluding hydrogens is 335 g/mol. The van der Waals surface area contributed by atoms with Crippen LogP contribution in [0.1, 0.15) is 16.3 Å². The molecule has 1 aromatic carbocycles. The second-order valence-electron chi connectivity index (χ2n) is 3.62. The molecule has 0 atom stereocenters. The Hall–Kier alpha value is -1.46. The van der Waals surface area contributed by atoms with Gasteiger partial charge in [-0.2, -0.15) is 0 Å². The van der Waals surface area contributed by atoms with E-state index >= 15 is 0 Å². The minimum Gasteiger partial charge on any atom is -0.484 e. The first-order chi connectivity index (χ1) is 9.10. The van der Waals surface area contributed by atoms with E-state index in [1.807, 2.05) is 0 Å². The van der Waals surface area contributed by atoms with Crippen molar-refractivity contribution >= 4 is 33.5 Å². The van der Waals surface area contributed by atoms with Gasteiger partial charge in [0.1, 0.15) is 18.1 Å². The van der Waals surface area contributed by atoms with Gasteiger partial charge in [-0.15, -0.1) is 0 Å². The Bertz CT molecular complexity index is 594. The molecule has 0 fully saturated rings. The lowest BCUT2D eigenvalue weighted by molar-refractivity contribution is 0.0561. The number of carbonyl (C=O) groups excluding carboxylic acids is 1. The third-order valence-electron chi connectivity index (χ3n) is 2.31. The third-order valence-corrected chi connectivity index (χ3v) is 3.17. The van der Waals surface area contributed by atoms with E-state index in [2.05, 4.69) is 20.7 Å². The second kappa shape index (κ2) is 6.12. The minimum absolute atomic E-state index is 0.149. The van der Waals surface area contributed by atoms with Crippen molar-refractivity contribution in [2.24, 2.45) is 0 Å². The zero-order valence-electron chi connectivity index (χ0n) is 9.98. The van der Waals surface area contributed by atoms with E-state index in [0.29, 0.717) is 16.5 Å². The maximum absolute atomic E-state index is 11.2. The van der Waals surface area contributed by atoms with Gasteiger partial charge in [0.05, 0.1) is 11.6 Å². The van der Waals surface area contributed by atoms with E-state index in [-0.39, 0.29) is 12.4 Å². The topological polar surface area (TPSA) is 48.7 Å². The van der Waals surface area contributed by atoms with Crippen LogP contribution in [0.5, 0.6) is 5.75 Å². The highest BCUT2D eigenvalue weighted by Gasteiger charge is 2.11. The van der Waals surface area contributed by atoms with Crippen molar-refractivity contribution < 1.29 is 18.7 Å². The van der Waals surface area contributed by atoms with E-state index in [4.69, 9.17) is 20.8 Å². The highest BCUT2D eigenvalue weighted by atomic mass is 79.9. The molecule has 19 heavy (non-hydrogen) atoms. The van der Waals surface area contributed by atoms with Gasteiger partial charge in [-0.25, -0.2) is 4.79 Å². The number of ether oxygens (including phenoxy) is 2. The fraction of sp³-hybridized carbons (Fsp3) is 0.154. The zero-order chi connectivity index (χ0) is 13.8. The van der Waals surface area contributed by atoms with Crippen molar-refractivity contribution in [1.82, 2.24) is 0 Å². The van der Waals surface area contributed by atoms with Gasteiger partial charge in [-0.3, -0.25) is 0 Å². The number of furan rings is 1. The Morgan fingerprint density at radius 1 is 1.37 bits per heavy atom. The van der Waals surface area contributed by atoms with Crippen LogP contribution in [0.4, 0.5) is 0 Å². The van der Waals surface area contributed by atoms with E-state index in [1.165, 1.54) is 7.11 Å². The Morgan fingerprint density at radius 3 is 2.84 bits per heavy atom. The summed E-state index contributed by atoms with van der Waals surface area (Å²) in [6.45, 7) is 0.206. The molecule has 0 saturated carbocycles. The first kappa shape index (κ1) is 14.0. The lowest BCUT2D eigenvalue weighted by Crippen LogP contribution is -1.99. The van der Waals surface area contributed by atoms with Gasteiger partial charge in [0, 0.05) is 5.02 Å². The number of methoxy groups -OCH3 is 1.